The Balaban J connectivity index is 1.68. The number of halogens is 2. The molecule has 1 amide bonds. The quantitative estimate of drug-likeness (QED) is 0.716. The first kappa shape index (κ1) is 20.1. The van der Waals surface area contributed by atoms with Crippen molar-refractivity contribution in [1.29, 1.82) is 0 Å². The van der Waals surface area contributed by atoms with Crippen LogP contribution in [-0.2, 0) is 10.0 Å². The minimum absolute atomic E-state index is 0.00398. The third-order valence-electron chi connectivity index (χ3n) is 4.47. The van der Waals surface area contributed by atoms with E-state index in [1.165, 1.54) is 24.3 Å². The average Bonchev–Trinajstić information content (AvgIpc) is 2.62. The van der Waals surface area contributed by atoms with E-state index in [1.54, 1.807) is 18.2 Å². The standard InChI is InChI=1S/C19H20Cl2N2O3S/c20-14-10-13(11-15(21)12-14)19(24)22-16-6-8-18(9-7-16)27(25,26)23-17-4-2-1-3-5-17/h6-12,17,23H,1-5H2,(H,22,24). The molecule has 27 heavy (non-hydrogen) atoms. The molecule has 0 heterocycles. The van der Waals surface area contributed by atoms with Crippen LogP contribution < -0.4 is 10.0 Å². The Morgan fingerprint density at radius 2 is 1.52 bits per heavy atom. The van der Waals surface area contributed by atoms with Gasteiger partial charge < -0.3 is 5.32 Å². The first-order valence-corrected chi connectivity index (χ1v) is 11.0. The molecule has 0 saturated heterocycles. The van der Waals surface area contributed by atoms with Crippen molar-refractivity contribution in [2.24, 2.45) is 0 Å². The van der Waals surface area contributed by atoms with Crippen LogP contribution in [0, 0.1) is 0 Å². The highest BCUT2D eigenvalue weighted by molar-refractivity contribution is 7.89. The molecule has 0 aromatic heterocycles. The van der Waals surface area contributed by atoms with Crippen molar-refractivity contribution in [2.45, 2.75) is 43.0 Å². The summed E-state index contributed by atoms with van der Waals surface area (Å²) in [5.74, 6) is -0.379. The molecule has 8 heteroatoms. The van der Waals surface area contributed by atoms with Gasteiger partial charge in [0, 0.05) is 27.3 Å². The van der Waals surface area contributed by atoms with Crippen LogP contribution in [0.5, 0.6) is 0 Å². The molecule has 0 spiro atoms. The lowest BCUT2D eigenvalue weighted by molar-refractivity contribution is 0.102. The van der Waals surface area contributed by atoms with Gasteiger partial charge in [0.2, 0.25) is 10.0 Å². The molecule has 0 unspecified atom stereocenters. The highest BCUT2D eigenvalue weighted by Crippen LogP contribution is 2.22. The molecule has 2 aromatic carbocycles. The fraction of sp³-hybridized carbons (Fsp3) is 0.316. The van der Waals surface area contributed by atoms with Crippen molar-refractivity contribution in [1.82, 2.24) is 4.72 Å². The predicted octanol–water partition coefficient (Wildman–Crippen LogP) is 4.86. The molecular formula is C19H20Cl2N2O3S. The van der Waals surface area contributed by atoms with Crippen LogP contribution in [0.25, 0.3) is 0 Å². The number of anilines is 1. The lowest BCUT2D eigenvalue weighted by atomic mass is 9.96. The number of benzene rings is 2. The topological polar surface area (TPSA) is 75.3 Å². The maximum absolute atomic E-state index is 12.5. The van der Waals surface area contributed by atoms with Crippen molar-refractivity contribution < 1.29 is 13.2 Å². The molecule has 0 atom stereocenters. The number of hydrogen-bond acceptors (Lipinski definition) is 3. The van der Waals surface area contributed by atoms with Gasteiger partial charge in [0.15, 0.2) is 0 Å². The summed E-state index contributed by atoms with van der Waals surface area (Å²) in [6, 6.07) is 10.6. The maximum Gasteiger partial charge on any atom is 0.255 e. The van der Waals surface area contributed by atoms with Gasteiger partial charge in [-0.1, -0.05) is 42.5 Å². The first-order chi connectivity index (χ1) is 12.8. The average molecular weight is 427 g/mol. The molecule has 0 bridgehead atoms. The second kappa shape index (κ2) is 8.61. The van der Waals surface area contributed by atoms with Gasteiger partial charge in [0.25, 0.3) is 5.91 Å². The molecule has 0 radical (unpaired) electrons. The minimum atomic E-state index is -3.57. The zero-order valence-electron chi connectivity index (χ0n) is 14.5. The van der Waals surface area contributed by atoms with Crippen LogP contribution in [0.1, 0.15) is 42.5 Å². The van der Waals surface area contributed by atoms with Gasteiger partial charge in [-0.3, -0.25) is 4.79 Å². The third kappa shape index (κ3) is 5.45. The molecule has 0 aliphatic heterocycles. The number of sulfonamides is 1. The van der Waals surface area contributed by atoms with Gasteiger partial charge in [0.1, 0.15) is 0 Å². The zero-order chi connectivity index (χ0) is 19.4. The van der Waals surface area contributed by atoms with Gasteiger partial charge in [-0.15, -0.1) is 0 Å². The van der Waals surface area contributed by atoms with E-state index in [-0.39, 0.29) is 16.8 Å². The van der Waals surface area contributed by atoms with E-state index >= 15 is 0 Å². The largest absolute Gasteiger partial charge is 0.322 e. The lowest BCUT2D eigenvalue weighted by Gasteiger charge is -2.22. The lowest BCUT2D eigenvalue weighted by Crippen LogP contribution is -2.36. The van der Waals surface area contributed by atoms with E-state index in [0.29, 0.717) is 21.3 Å². The van der Waals surface area contributed by atoms with Crippen molar-refractivity contribution in [3.05, 3.63) is 58.1 Å². The molecule has 1 fully saturated rings. The van der Waals surface area contributed by atoms with Crippen LogP contribution in [0.2, 0.25) is 10.0 Å². The number of carbonyl (C=O) groups excluding carboxylic acids is 1. The Kier molecular flexibility index (Phi) is 6.42. The number of hydrogen-bond donors (Lipinski definition) is 2. The van der Waals surface area contributed by atoms with Gasteiger partial charge in [-0.25, -0.2) is 13.1 Å². The number of amides is 1. The van der Waals surface area contributed by atoms with Gasteiger partial charge in [-0.05, 0) is 55.3 Å². The fourth-order valence-corrected chi connectivity index (χ4v) is 4.94. The van der Waals surface area contributed by atoms with Crippen LogP contribution in [-0.4, -0.2) is 20.4 Å². The van der Waals surface area contributed by atoms with Crippen LogP contribution >= 0.6 is 23.2 Å². The third-order valence-corrected chi connectivity index (χ3v) is 6.45. The SMILES string of the molecule is O=C(Nc1ccc(S(=O)(=O)NC2CCCCC2)cc1)c1cc(Cl)cc(Cl)c1. The van der Waals surface area contributed by atoms with Gasteiger partial charge in [-0.2, -0.15) is 0 Å². The smallest absolute Gasteiger partial charge is 0.255 e. The molecule has 3 rings (SSSR count). The summed E-state index contributed by atoms with van der Waals surface area (Å²) in [6.45, 7) is 0. The Morgan fingerprint density at radius 3 is 2.11 bits per heavy atom. The summed E-state index contributed by atoms with van der Waals surface area (Å²) in [5.41, 5.74) is 0.802. The summed E-state index contributed by atoms with van der Waals surface area (Å²) >= 11 is 11.8. The predicted molar refractivity (Wildman–Crippen MR) is 108 cm³/mol. The van der Waals surface area contributed by atoms with Crippen molar-refractivity contribution in [2.75, 3.05) is 5.32 Å². The Labute approximate surface area is 169 Å². The number of nitrogens with one attached hydrogen (secondary N) is 2. The van der Waals surface area contributed by atoms with E-state index < -0.39 is 10.0 Å². The van der Waals surface area contributed by atoms with E-state index in [4.69, 9.17) is 23.2 Å². The molecule has 144 valence electrons. The Bertz CT molecular complexity index is 904. The van der Waals surface area contributed by atoms with E-state index in [2.05, 4.69) is 10.0 Å². The van der Waals surface area contributed by atoms with E-state index in [0.717, 1.165) is 32.1 Å². The van der Waals surface area contributed by atoms with E-state index in [1.807, 2.05) is 0 Å². The zero-order valence-corrected chi connectivity index (χ0v) is 16.9. The Morgan fingerprint density at radius 1 is 0.926 bits per heavy atom. The summed E-state index contributed by atoms with van der Waals surface area (Å²) in [6.07, 6.45) is 4.99. The van der Waals surface area contributed by atoms with Crippen LogP contribution in [0.15, 0.2) is 47.4 Å². The summed E-state index contributed by atoms with van der Waals surface area (Å²) in [4.78, 5) is 12.5. The number of carbonyl (C=O) groups is 1. The Hall–Kier alpha value is -1.60. The minimum Gasteiger partial charge on any atom is -0.322 e. The molecule has 2 N–H and O–H groups in total. The van der Waals surface area contributed by atoms with Gasteiger partial charge >= 0.3 is 0 Å². The second-order valence-corrected chi connectivity index (χ2v) is 9.18. The van der Waals surface area contributed by atoms with Crippen LogP contribution in [0.3, 0.4) is 0 Å². The molecule has 2 aromatic rings. The van der Waals surface area contributed by atoms with Gasteiger partial charge in [0.05, 0.1) is 4.90 Å². The maximum atomic E-state index is 12.5. The van der Waals surface area contributed by atoms with E-state index in [9.17, 15) is 13.2 Å². The summed E-state index contributed by atoms with van der Waals surface area (Å²) in [5, 5.41) is 3.43. The van der Waals surface area contributed by atoms with Crippen molar-refractivity contribution in [3.63, 3.8) is 0 Å². The van der Waals surface area contributed by atoms with Crippen molar-refractivity contribution >= 4 is 44.8 Å². The molecule has 1 saturated carbocycles. The van der Waals surface area contributed by atoms with Crippen LogP contribution in [0.4, 0.5) is 5.69 Å². The number of rotatable bonds is 5. The molecule has 1 aliphatic rings. The fourth-order valence-electron chi connectivity index (χ4n) is 3.11. The van der Waals surface area contributed by atoms with Crippen molar-refractivity contribution in [3.8, 4) is 0 Å². The highest BCUT2D eigenvalue weighted by atomic mass is 35.5. The normalized spacial score (nSPS) is 15.5. The molecule has 1 aliphatic carbocycles. The summed E-state index contributed by atoms with van der Waals surface area (Å²) in [7, 11) is -3.57. The highest BCUT2D eigenvalue weighted by Gasteiger charge is 2.21. The monoisotopic (exact) mass is 426 g/mol. The summed E-state index contributed by atoms with van der Waals surface area (Å²) < 4.78 is 27.8. The second-order valence-electron chi connectivity index (χ2n) is 6.59. The molecule has 5 nitrogen and oxygen atoms in total. The molecular weight excluding hydrogens is 407 g/mol. The first-order valence-electron chi connectivity index (χ1n) is 8.73.